The molecule has 0 radical (unpaired) electrons. The summed E-state index contributed by atoms with van der Waals surface area (Å²) >= 11 is 0. The van der Waals surface area contributed by atoms with E-state index in [0.717, 1.165) is 11.1 Å². The summed E-state index contributed by atoms with van der Waals surface area (Å²) in [5.41, 5.74) is 10.1. The van der Waals surface area contributed by atoms with Gasteiger partial charge in [-0.05, 0) is 77.7 Å². The number of rotatable bonds is 13. The van der Waals surface area contributed by atoms with Gasteiger partial charge in [-0.15, -0.1) is 0 Å². The largest absolute Gasteiger partial charge is 0.442 e. The summed E-state index contributed by atoms with van der Waals surface area (Å²) in [7, 11) is -3.33. The molecule has 0 unspecified atom stereocenters. The van der Waals surface area contributed by atoms with E-state index >= 15 is 0 Å². The zero-order chi connectivity index (χ0) is 41.3. The molecule has 0 aliphatic carbocycles. The van der Waals surface area contributed by atoms with Gasteiger partial charge in [-0.2, -0.15) is 0 Å². The molecule has 2 heterocycles. The first kappa shape index (κ1) is 42.2. The lowest BCUT2D eigenvalue weighted by atomic mass is 10.0. The highest BCUT2D eigenvalue weighted by Crippen LogP contribution is 2.31. The molecule has 57 heavy (non-hydrogen) atoms. The van der Waals surface area contributed by atoms with E-state index in [-0.39, 0.29) is 50.3 Å². The monoisotopic (exact) mass is 806 g/mol. The molecule has 4 amide bonds. The van der Waals surface area contributed by atoms with Crippen LogP contribution in [-0.2, 0) is 42.2 Å². The molecule has 4 aromatic carbocycles. The Hall–Kier alpha value is -5.91. The maximum Gasteiger partial charge on any atom is 0.414 e. The van der Waals surface area contributed by atoms with Crippen molar-refractivity contribution < 1.29 is 45.9 Å². The van der Waals surface area contributed by atoms with Gasteiger partial charge in [0.15, 0.2) is 0 Å². The predicted molar refractivity (Wildman–Crippen MR) is 210 cm³/mol. The fourth-order valence-corrected chi connectivity index (χ4v) is 6.61. The molecule has 5 N–H and O–H groups in total. The van der Waals surface area contributed by atoms with Gasteiger partial charge in [-0.1, -0.05) is 36.4 Å². The molecule has 6 rings (SSSR count). The molecule has 0 bridgehead atoms. The molecule has 2 aliphatic rings. The van der Waals surface area contributed by atoms with Crippen LogP contribution in [0.2, 0.25) is 0 Å². The number of nitrogens with zero attached hydrogens (tertiary/aromatic N) is 2. The van der Waals surface area contributed by atoms with Crippen molar-refractivity contribution in [3.8, 4) is 22.3 Å². The lowest BCUT2D eigenvalue weighted by Gasteiger charge is -2.15. The highest BCUT2D eigenvalue weighted by molar-refractivity contribution is 7.89. The number of nitrogens with one attached hydrogen (secondary N) is 3. The summed E-state index contributed by atoms with van der Waals surface area (Å²) in [6.45, 7) is 5.66. The SMILES string of the molecule is CC(=O)NC[C@H]1CN(c2ccc(-c3cccc(CN)c3)c(F)c2)C(=O)O1.CCS(=O)(=O)NCc1cccc(-c2ccc(N3C[C@H](CNC(C)=O)OC3=O)cc2F)c1. The molecular weight excluding hydrogens is 763 g/mol. The second kappa shape index (κ2) is 18.8. The number of hydrogen-bond acceptors (Lipinski definition) is 9. The topological polar surface area (TPSA) is 189 Å². The zero-order valence-electron chi connectivity index (χ0n) is 31.6. The molecule has 0 aromatic heterocycles. The van der Waals surface area contributed by atoms with Crippen molar-refractivity contribution in [3.63, 3.8) is 0 Å². The standard InChI is InChI=1S/C21H24FN3O5S.C19H20FN3O3/c1-3-31(28,29)24-11-15-5-4-6-16(9-15)19-8-7-17(10-20(19)22)25-13-18(30-21(25)27)12-23-14(2)26;1-12(24)22-10-16-11-23(19(25)26-16)15-5-6-17(18(20)8-15)14-4-2-3-13(7-14)9-21/h4-10,18,24H,3,11-13H2,1-2H3,(H,23,26);2-8,16H,9-11,21H2,1H3,(H,22,24)/t18-;16-/m00/s1. The van der Waals surface area contributed by atoms with Gasteiger partial charge in [0.2, 0.25) is 21.8 Å². The van der Waals surface area contributed by atoms with Gasteiger partial charge >= 0.3 is 12.2 Å². The van der Waals surface area contributed by atoms with Crippen LogP contribution in [0.1, 0.15) is 31.9 Å². The smallest absolute Gasteiger partial charge is 0.414 e. The molecule has 2 atom stereocenters. The Balaban J connectivity index is 0.000000221. The first-order valence-corrected chi connectivity index (χ1v) is 19.7. The van der Waals surface area contributed by atoms with Crippen LogP contribution in [0.5, 0.6) is 0 Å². The maximum absolute atomic E-state index is 14.9. The average molecular weight is 807 g/mol. The van der Waals surface area contributed by atoms with E-state index in [4.69, 9.17) is 15.2 Å². The van der Waals surface area contributed by atoms with Gasteiger partial charge in [0.05, 0.1) is 43.3 Å². The maximum atomic E-state index is 14.9. The fraction of sp³-hybridized carbons (Fsp3) is 0.300. The number of cyclic esters (lactones) is 2. The van der Waals surface area contributed by atoms with Crippen LogP contribution in [0.15, 0.2) is 84.9 Å². The van der Waals surface area contributed by atoms with Crippen molar-refractivity contribution in [2.45, 2.75) is 46.1 Å². The Kier molecular flexibility index (Phi) is 13.9. The minimum atomic E-state index is -3.33. The number of hydrogen-bond donors (Lipinski definition) is 4. The van der Waals surface area contributed by atoms with E-state index in [0.29, 0.717) is 40.2 Å². The molecule has 14 nitrogen and oxygen atoms in total. The lowest BCUT2D eigenvalue weighted by Crippen LogP contribution is -2.33. The van der Waals surface area contributed by atoms with Crippen molar-refractivity contribution in [1.29, 1.82) is 0 Å². The van der Waals surface area contributed by atoms with Gasteiger partial charge in [0.25, 0.3) is 0 Å². The number of carbonyl (C=O) groups excluding carboxylic acids is 4. The van der Waals surface area contributed by atoms with E-state index < -0.39 is 46.1 Å². The van der Waals surface area contributed by atoms with E-state index in [1.54, 1.807) is 55.5 Å². The van der Waals surface area contributed by atoms with Crippen molar-refractivity contribution in [3.05, 3.63) is 108 Å². The highest BCUT2D eigenvalue weighted by Gasteiger charge is 2.34. The zero-order valence-corrected chi connectivity index (χ0v) is 32.4. The summed E-state index contributed by atoms with van der Waals surface area (Å²) < 4.78 is 65.7. The van der Waals surface area contributed by atoms with Crippen molar-refractivity contribution in [2.75, 3.05) is 41.7 Å². The Morgan fingerprint density at radius 2 is 1.19 bits per heavy atom. The summed E-state index contributed by atoms with van der Waals surface area (Å²) in [6, 6.07) is 23.3. The van der Waals surface area contributed by atoms with Crippen molar-refractivity contribution in [1.82, 2.24) is 15.4 Å². The molecule has 0 spiro atoms. The summed E-state index contributed by atoms with van der Waals surface area (Å²) in [6.07, 6.45) is -2.14. The number of halogens is 2. The molecule has 302 valence electrons. The number of nitrogens with two attached hydrogens (primary N) is 1. The Bertz CT molecular complexity index is 2240. The predicted octanol–water partition coefficient (Wildman–Crippen LogP) is 4.81. The number of amides is 4. The summed E-state index contributed by atoms with van der Waals surface area (Å²) in [5.74, 6) is -1.41. The number of benzene rings is 4. The van der Waals surface area contributed by atoms with E-state index in [1.807, 2.05) is 24.3 Å². The number of ether oxygens (including phenoxy) is 2. The lowest BCUT2D eigenvalue weighted by molar-refractivity contribution is -0.120. The van der Waals surface area contributed by atoms with Crippen molar-refractivity contribution >= 4 is 45.4 Å². The van der Waals surface area contributed by atoms with E-state index in [1.165, 1.54) is 35.8 Å². The summed E-state index contributed by atoms with van der Waals surface area (Å²) in [5, 5.41) is 5.20. The third kappa shape index (κ3) is 11.3. The Morgan fingerprint density at radius 1 is 0.737 bits per heavy atom. The number of sulfonamides is 1. The molecule has 2 saturated heterocycles. The van der Waals surface area contributed by atoms with Crippen LogP contribution < -0.4 is 30.9 Å². The second-order valence-corrected chi connectivity index (χ2v) is 15.4. The molecule has 4 aromatic rings. The molecular formula is C40H44F2N6O8S. The van der Waals surface area contributed by atoms with Gasteiger partial charge in [-0.25, -0.2) is 31.5 Å². The Labute approximate surface area is 329 Å². The Morgan fingerprint density at radius 3 is 1.61 bits per heavy atom. The van der Waals surface area contributed by atoms with Gasteiger partial charge in [0, 0.05) is 38.1 Å². The van der Waals surface area contributed by atoms with Gasteiger partial charge in [-0.3, -0.25) is 19.4 Å². The van der Waals surface area contributed by atoms with Crippen LogP contribution in [0.25, 0.3) is 22.3 Å². The minimum Gasteiger partial charge on any atom is -0.442 e. The third-order valence-corrected chi connectivity index (χ3v) is 10.4. The average Bonchev–Trinajstić information content (AvgIpc) is 3.76. The van der Waals surface area contributed by atoms with E-state index in [2.05, 4.69) is 15.4 Å². The highest BCUT2D eigenvalue weighted by atomic mass is 32.2. The first-order chi connectivity index (χ1) is 27.2. The molecule has 2 fully saturated rings. The van der Waals surface area contributed by atoms with Crippen LogP contribution in [0, 0.1) is 11.6 Å². The van der Waals surface area contributed by atoms with Crippen LogP contribution >= 0.6 is 0 Å². The normalized spacial score (nSPS) is 16.4. The third-order valence-electron chi connectivity index (χ3n) is 9.02. The van der Waals surface area contributed by atoms with Gasteiger partial charge in [0.1, 0.15) is 23.8 Å². The number of carbonyl (C=O) groups is 4. The summed E-state index contributed by atoms with van der Waals surface area (Å²) in [4.78, 5) is 48.8. The molecule has 17 heteroatoms. The van der Waals surface area contributed by atoms with Gasteiger partial charge < -0.3 is 25.8 Å². The fourth-order valence-electron chi connectivity index (χ4n) is 6.01. The van der Waals surface area contributed by atoms with Crippen LogP contribution in [-0.4, -0.2) is 76.6 Å². The van der Waals surface area contributed by atoms with Crippen molar-refractivity contribution in [2.24, 2.45) is 5.73 Å². The first-order valence-electron chi connectivity index (χ1n) is 18.1. The van der Waals surface area contributed by atoms with Crippen LogP contribution in [0.4, 0.5) is 29.7 Å². The second-order valence-electron chi connectivity index (χ2n) is 13.3. The molecule has 0 saturated carbocycles. The van der Waals surface area contributed by atoms with Crippen LogP contribution in [0.3, 0.4) is 0 Å². The minimum absolute atomic E-state index is 0.0204. The quantitative estimate of drug-likeness (QED) is 0.147. The number of anilines is 2. The molecule has 2 aliphatic heterocycles. The van der Waals surface area contributed by atoms with E-state index in [9.17, 15) is 36.4 Å².